The van der Waals surface area contributed by atoms with Crippen molar-refractivity contribution in [3.8, 4) is 0 Å². The van der Waals surface area contributed by atoms with E-state index in [9.17, 15) is 13.2 Å². The lowest BCUT2D eigenvalue weighted by atomic mass is 9.94. The minimum absolute atomic E-state index is 0.0722. The van der Waals surface area contributed by atoms with Crippen LogP contribution in [0.2, 0.25) is 0 Å². The van der Waals surface area contributed by atoms with Gasteiger partial charge in [-0.25, -0.2) is 8.42 Å². The van der Waals surface area contributed by atoms with E-state index in [1.165, 1.54) is 18.6 Å². The Morgan fingerprint density at radius 1 is 1.15 bits per heavy atom. The van der Waals surface area contributed by atoms with Gasteiger partial charge < -0.3 is 0 Å². The van der Waals surface area contributed by atoms with Gasteiger partial charge in [0.15, 0.2) is 5.78 Å². The third-order valence-corrected chi connectivity index (χ3v) is 7.35. The number of anilines is 1. The molecule has 0 aromatic heterocycles. The summed E-state index contributed by atoms with van der Waals surface area (Å²) in [6.07, 6.45) is 3.37. The van der Waals surface area contributed by atoms with Gasteiger partial charge in [0.25, 0.3) is 10.0 Å². The average molecular weight is 386 g/mol. The van der Waals surface area contributed by atoms with E-state index >= 15 is 0 Å². The third-order valence-electron chi connectivity index (χ3n) is 5.48. The van der Waals surface area contributed by atoms with Crippen LogP contribution in [-0.4, -0.2) is 20.2 Å². The van der Waals surface area contributed by atoms with Gasteiger partial charge in [-0.2, -0.15) is 0 Å². The standard InChI is InChI=1S/C22H27NO3S/c1-5-17-8-12-22-18(13-17)9-10-19(6-2)23(22)27(25,26)20-11-7-15(3)21(14-20)16(4)24/h7-8,11-14,19H,5-6,9-10H2,1-4H3. The zero-order valence-electron chi connectivity index (χ0n) is 16.5. The van der Waals surface area contributed by atoms with Crippen LogP contribution in [0.5, 0.6) is 0 Å². The number of aryl methyl sites for hydroxylation is 3. The van der Waals surface area contributed by atoms with Gasteiger partial charge in [0, 0.05) is 11.6 Å². The first-order chi connectivity index (χ1) is 12.8. The van der Waals surface area contributed by atoms with Gasteiger partial charge in [-0.05, 0) is 74.4 Å². The molecule has 2 aromatic carbocycles. The summed E-state index contributed by atoms with van der Waals surface area (Å²) in [6, 6.07) is 10.9. The summed E-state index contributed by atoms with van der Waals surface area (Å²) in [5, 5.41) is 0. The molecule has 144 valence electrons. The first kappa shape index (κ1) is 19.6. The number of fused-ring (bicyclic) bond motifs is 1. The fourth-order valence-electron chi connectivity index (χ4n) is 3.86. The van der Waals surface area contributed by atoms with Crippen LogP contribution in [0.25, 0.3) is 0 Å². The van der Waals surface area contributed by atoms with Crippen molar-refractivity contribution < 1.29 is 13.2 Å². The Morgan fingerprint density at radius 2 is 1.89 bits per heavy atom. The zero-order chi connectivity index (χ0) is 19.8. The van der Waals surface area contributed by atoms with E-state index in [-0.39, 0.29) is 16.7 Å². The van der Waals surface area contributed by atoms with Crippen molar-refractivity contribution in [2.75, 3.05) is 4.31 Å². The number of sulfonamides is 1. The highest BCUT2D eigenvalue weighted by atomic mass is 32.2. The zero-order valence-corrected chi connectivity index (χ0v) is 17.3. The monoisotopic (exact) mass is 385 g/mol. The summed E-state index contributed by atoms with van der Waals surface area (Å²) in [5.41, 5.74) is 4.33. The lowest BCUT2D eigenvalue weighted by molar-refractivity contribution is 0.101. The van der Waals surface area contributed by atoms with Gasteiger partial charge in [-0.15, -0.1) is 0 Å². The molecule has 0 N–H and O–H groups in total. The smallest absolute Gasteiger partial charge is 0.264 e. The molecule has 0 saturated carbocycles. The first-order valence-electron chi connectivity index (χ1n) is 9.57. The predicted octanol–water partition coefficient (Wildman–Crippen LogP) is 4.68. The number of ketones is 1. The molecule has 0 saturated heterocycles. The van der Waals surface area contributed by atoms with Gasteiger partial charge in [-0.1, -0.05) is 32.0 Å². The lowest BCUT2D eigenvalue weighted by Gasteiger charge is -2.37. The molecule has 0 bridgehead atoms. The Hall–Kier alpha value is -2.14. The van der Waals surface area contributed by atoms with Crippen molar-refractivity contribution in [3.63, 3.8) is 0 Å². The molecule has 0 amide bonds. The molecule has 4 nitrogen and oxygen atoms in total. The molecule has 1 aliphatic heterocycles. The number of Topliss-reactive ketones (excluding diaryl/α,β-unsaturated/α-hetero) is 1. The molecular weight excluding hydrogens is 358 g/mol. The Kier molecular flexibility index (Phi) is 5.43. The Balaban J connectivity index is 2.15. The molecular formula is C22H27NO3S. The van der Waals surface area contributed by atoms with Crippen LogP contribution in [-0.2, 0) is 22.9 Å². The highest BCUT2D eigenvalue weighted by molar-refractivity contribution is 7.92. The molecule has 2 aromatic rings. The third kappa shape index (κ3) is 3.53. The summed E-state index contributed by atoms with van der Waals surface area (Å²) in [6.45, 7) is 7.42. The second kappa shape index (κ2) is 7.47. The molecule has 27 heavy (non-hydrogen) atoms. The lowest BCUT2D eigenvalue weighted by Crippen LogP contribution is -2.43. The summed E-state index contributed by atoms with van der Waals surface area (Å²) in [7, 11) is -3.75. The summed E-state index contributed by atoms with van der Waals surface area (Å²) < 4.78 is 28.7. The molecule has 5 heteroatoms. The van der Waals surface area contributed by atoms with Gasteiger partial charge >= 0.3 is 0 Å². The van der Waals surface area contributed by atoms with Gasteiger partial charge in [-0.3, -0.25) is 9.10 Å². The van der Waals surface area contributed by atoms with Crippen molar-refractivity contribution in [3.05, 3.63) is 58.7 Å². The van der Waals surface area contributed by atoms with E-state index in [2.05, 4.69) is 13.0 Å². The number of hydrogen-bond acceptors (Lipinski definition) is 3. The Bertz CT molecular complexity index is 979. The van der Waals surface area contributed by atoms with E-state index in [0.717, 1.165) is 42.5 Å². The van der Waals surface area contributed by atoms with Crippen LogP contribution in [0.4, 0.5) is 5.69 Å². The number of carbonyl (C=O) groups is 1. The van der Waals surface area contributed by atoms with Crippen LogP contribution in [0.15, 0.2) is 41.3 Å². The van der Waals surface area contributed by atoms with Crippen molar-refractivity contribution in [2.24, 2.45) is 0 Å². The summed E-state index contributed by atoms with van der Waals surface area (Å²) >= 11 is 0. The van der Waals surface area contributed by atoms with E-state index in [4.69, 9.17) is 0 Å². The summed E-state index contributed by atoms with van der Waals surface area (Å²) in [4.78, 5) is 12.1. The van der Waals surface area contributed by atoms with E-state index < -0.39 is 10.0 Å². The fraction of sp³-hybridized carbons (Fsp3) is 0.409. The normalized spacial score (nSPS) is 16.9. The van der Waals surface area contributed by atoms with Gasteiger partial charge in [0.2, 0.25) is 0 Å². The Morgan fingerprint density at radius 3 is 2.52 bits per heavy atom. The maximum absolute atomic E-state index is 13.6. The summed E-state index contributed by atoms with van der Waals surface area (Å²) in [5.74, 6) is -0.122. The molecule has 1 atom stereocenters. The predicted molar refractivity (Wildman–Crippen MR) is 109 cm³/mol. The average Bonchev–Trinajstić information content (AvgIpc) is 2.66. The van der Waals surface area contributed by atoms with Crippen LogP contribution < -0.4 is 4.31 Å². The number of carbonyl (C=O) groups excluding carboxylic acids is 1. The van der Waals surface area contributed by atoms with Gasteiger partial charge in [0.05, 0.1) is 10.6 Å². The molecule has 1 unspecified atom stereocenters. The number of benzene rings is 2. The minimum atomic E-state index is -3.75. The quantitative estimate of drug-likeness (QED) is 0.702. The molecule has 0 fully saturated rings. The molecule has 0 radical (unpaired) electrons. The van der Waals surface area contributed by atoms with Crippen LogP contribution >= 0.6 is 0 Å². The van der Waals surface area contributed by atoms with Gasteiger partial charge in [0.1, 0.15) is 0 Å². The van der Waals surface area contributed by atoms with Crippen molar-refractivity contribution >= 4 is 21.5 Å². The molecule has 0 spiro atoms. The number of rotatable bonds is 5. The van der Waals surface area contributed by atoms with E-state index in [1.54, 1.807) is 16.4 Å². The van der Waals surface area contributed by atoms with Crippen molar-refractivity contribution in [1.82, 2.24) is 0 Å². The highest BCUT2D eigenvalue weighted by Gasteiger charge is 2.35. The topological polar surface area (TPSA) is 54.5 Å². The molecule has 3 rings (SSSR count). The molecule has 0 aliphatic carbocycles. The Labute approximate surface area is 162 Å². The second-order valence-electron chi connectivity index (χ2n) is 7.25. The largest absolute Gasteiger partial charge is 0.295 e. The SMILES string of the molecule is CCc1ccc2c(c1)CCC(CC)N2S(=O)(=O)c1ccc(C)c(C(C)=O)c1. The molecule has 1 aliphatic rings. The van der Waals surface area contributed by atoms with Crippen LogP contribution in [0, 0.1) is 6.92 Å². The van der Waals surface area contributed by atoms with E-state index in [0.29, 0.717) is 5.56 Å². The highest BCUT2D eigenvalue weighted by Crippen LogP contribution is 2.37. The fourth-order valence-corrected chi connectivity index (χ4v) is 5.68. The maximum atomic E-state index is 13.6. The van der Waals surface area contributed by atoms with Crippen molar-refractivity contribution in [2.45, 2.75) is 64.3 Å². The minimum Gasteiger partial charge on any atom is -0.295 e. The second-order valence-corrected chi connectivity index (χ2v) is 9.07. The van der Waals surface area contributed by atoms with Crippen molar-refractivity contribution in [1.29, 1.82) is 0 Å². The molecule has 1 heterocycles. The van der Waals surface area contributed by atoms with Crippen LogP contribution in [0.3, 0.4) is 0 Å². The number of nitrogens with zero attached hydrogens (tertiary/aromatic N) is 1. The first-order valence-corrected chi connectivity index (χ1v) is 11.0. The van der Waals surface area contributed by atoms with Crippen LogP contribution in [0.1, 0.15) is 60.7 Å². The maximum Gasteiger partial charge on any atom is 0.264 e. The van der Waals surface area contributed by atoms with E-state index in [1.807, 2.05) is 26.0 Å². The number of hydrogen-bond donors (Lipinski definition) is 0.